The molecule has 2 aromatic heterocycles. The lowest BCUT2D eigenvalue weighted by Gasteiger charge is -2.30. The monoisotopic (exact) mass is 358 g/mol. The Morgan fingerprint density at radius 2 is 2.21 bits per heavy atom. The van der Waals surface area contributed by atoms with Gasteiger partial charge in [-0.05, 0) is 53.8 Å². The molecule has 19 heavy (non-hydrogen) atoms. The van der Waals surface area contributed by atoms with Crippen molar-refractivity contribution in [1.29, 1.82) is 0 Å². The Labute approximate surface area is 131 Å². The fraction of sp³-hybridized carbons (Fsp3) is 0.429. The highest BCUT2D eigenvalue weighted by Gasteiger charge is 2.22. The molecule has 0 radical (unpaired) electrons. The Hall–Kier alpha value is -0.200. The van der Waals surface area contributed by atoms with E-state index < -0.39 is 0 Å². The first kappa shape index (κ1) is 15.2. The number of rotatable bonds is 6. The Kier molecular flexibility index (Phi) is 5.59. The fourth-order valence-corrected chi connectivity index (χ4v) is 4.66. The molecule has 2 nitrogen and oxygen atoms in total. The lowest BCUT2D eigenvalue weighted by molar-refractivity contribution is 0.225. The second-order valence-corrected chi connectivity index (χ2v) is 7.67. The summed E-state index contributed by atoms with van der Waals surface area (Å²) in [6.07, 6.45) is 1.09. The first-order valence-electron chi connectivity index (χ1n) is 6.30. The second-order valence-electron chi connectivity index (χ2n) is 4.78. The summed E-state index contributed by atoms with van der Waals surface area (Å²) < 4.78 is 1.14. The van der Waals surface area contributed by atoms with Gasteiger partial charge in [-0.25, -0.2) is 0 Å². The fourth-order valence-electron chi connectivity index (χ4n) is 2.24. The van der Waals surface area contributed by atoms with Crippen molar-refractivity contribution >= 4 is 38.6 Å². The molecule has 104 valence electrons. The third-order valence-corrected chi connectivity index (χ3v) is 5.84. The van der Waals surface area contributed by atoms with Gasteiger partial charge in [0, 0.05) is 32.2 Å². The zero-order chi connectivity index (χ0) is 13.8. The first-order chi connectivity index (χ1) is 9.08. The van der Waals surface area contributed by atoms with Gasteiger partial charge in [0.1, 0.15) is 0 Å². The van der Waals surface area contributed by atoms with Crippen LogP contribution in [0.5, 0.6) is 0 Å². The number of likely N-dealkylation sites (N-methyl/N-ethyl adjacent to an activating group) is 1. The van der Waals surface area contributed by atoms with Crippen molar-refractivity contribution in [2.24, 2.45) is 5.73 Å². The molecule has 0 saturated heterocycles. The average Bonchev–Trinajstić information content (AvgIpc) is 2.98. The SMILES string of the molecule is CC(N)C(c1cc(Br)cs1)N(C)CCc1cccs1. The molecule has 2 rings (SSSR count). The summed E-state index contributed by atoms with van der Waals surface area (Å²) in [7, 11) is 2.16. The van der Waals surface area contributed by atoms with E-state index in [0.29, 0.717) is 0 Å². The van der Waals surface area contributed by atoms with Crippen LogP contribution in [0.4, 0.5) is 0 Å². The van der Waals surface area contributed by atoms with Crippen LogP contribution >= 0.6 is 38.6 Å². The van der Waals surface area contributed by atoms with Crippen LogP contribution in [-0.2, 0) is 6.42 Å². The maximum atomic E-state index is 6.18. The van der Waals surface area contributed by atoms with Crippen LogP contribution in [0.2, 0.25) is 0 Å². The largest absolute Gasteiger partial charge is 0.326 e. The van der Waals surface area contributed by atoms with Gasteiger partial charge >= 0.3 is 0 Å². The molecular weight excluding hydrogens is 340 g/mol. The Balaban J connectivity index is 2.02. The Bertz CT molecular complexity index is 493. The molecule has 0 spiro atoms. The lowest BCUT2D eigenvalue weighted by Crippen LogP contribution is -2.37. The van der Waals surface area contributed by atoms with Crippen LogP contribution in [0, 0.1) is 0 Å². The standard InChI is InChI=1S/C14H19BrN2S2/c1-10(16)14(13-8-11(15)9-19-13)17(2)6-5-12-4-3-7-18-12/h3-4,7-10,14H,5-6,16H2,1-2H3. The molecule has 2 aromatic rings. The highest BCUT2D eigenvalue weighted by atomic mass is 79.9. The third kappa shape index (κ3) is 4.13. The predicted octanol–water partition coefficient (Wildman–Crippen LogP) is 4.13. The van der Waals surface area contributed by atoms with Crippen LogP contribution in [0.1, 0.15) is 22.7 Å². The van der Waals surface area contributed by atoms with Crippen molar-refractivity contribution in [2.75, 3.05) is 13.6 Å². The molecule has 0 aromatic carbocycles. The van der Waals surface area contributed by atoms with E-state index in [2.05, 4.69) is 63.8 Å². The predicted molar refractivity (Wildman–Crippen MR) is 89.1 cm³/mol. The highest BCUT2D eigenvalue weighted by molar-refractivity contribution is 9.10. The van der Waals surface area contributed by atoms with Gasteiger partial charge < -0.3 is 5.73 Å². The molecule has 0 aliphatic rings. The zero-order valence-electron chi connectivity index (χ0n) is 11.2. The maximum absolute atomic E-state index is 6.18. The molecule has 2 unspecified atom stereocenters. The molecule has 0 amide bonds. The van der Waals surface area contributed by atoms with Gasteiger partial charge in [-0.1, -0.05) is 6.07 Å². The molecule has 0 bridgehead atoms. The highest BCUT2D eigenvalue weighted by Crippen LogP contribution is 2.30. The number of hydrogen-bond acceptors (Lipinski definition) is 4. The minimum atomic E-state index is 0.124. The Morgan fingerprint density at radius 1 is 1.42 bits per heavy atom. The average molecular weight is 359 g/mol. The van der Waals surface area contributed by atoms with Crippen LogP contribution < -0.4 is 5.73 Å². The molecule has 0 aliphatic carbocycles. The number of nitrogens with two attached hydrogens (primary N) is 1. The maximum Gasteiger partial charge on any atom is 0.0588 e. The van der Waals surface area contributed by atoms with Crippen LogP contribution in [0.3, 0.4) is 0 Å². The van der Waals surface area contributed by atoms with Crippen molar-refractivity contribution in [3.05, 3.63) is 43.2 Å². The van der Waals surface area contributed by atoms with Gasteiger partial charge in [-0.15, -0.1) is 22.7 Å². The zero-order valence-corrected chi connectivity index (χ0v) is 14.4. The van der Waals surface area contributed by atoms with Gasteiger partial charge in [0.2, 0.25) is 0 Å². The van der Waals surface area contributed by atoms with E-state index >= 15 is 0 Å². The number of hydrogen-bond donors (Lipinski definition) is 1. The molecular formula is C14H19BrN2S2. The summed E-state index contributed by atoms with van der Waals surface area (Å²) in [5.41, 5.74) is 6.18. The molecule has 2 N–H and O–H groups in total. The second kappa shape index (κ2) is 6.99. The van der Waals surface area contributed by atoms with Crippen molar-refractivity contribution < 1.29 is 0 Å². The first-order valence-corrected chi connectivity index (χ1v) is 8.85. The van der Waals surface area contributed by atoms with E-state index in [1.165, 1.54) is 9.75 Å². The molecule has 2 heterocycles. The van der Waals surface area contributed by atoms with Gasteiger partial charge in [-0.3, -0.25) is 4.90 Å². The van der Waals surface area contributed by atoms with Crippen LogP contribution in [0.15, 0.2) is 33.4 Å². The molecule has 0 aliphatic heterocycles. The van der Waals surface area contributed by atoms with E-state index in [4.69, 9.17) is 5.73 Å². The Morgan fingerprint density at radius 3 is 2.74 bits per heavy atom. The summed E-state index contributed by atoms with van der Waals surface area (Å²) in [6, 6.07) is 6.90. The number of nitrogens with zero attached hydrogens (tertiary/aromatic N) is 1. The molecule has 2 atom stereocenters. The molecule has 0 fully saturated rings. The number of halogens is 1. The van der Waals surface area contributed by atoms with Crippen molar-refractivity contribution in [2.45, 2.75) is 25.4 Å². The summed E-state index contributed by atoms with van der Waals surface area (Å²) in [4.78, 5) is 5.13. The normalized spacial score (nSPS) is 14.8. The van der Waals surface area contributed by atoms with Crippen molar-refractivity contribution in [3.63, 3.8) is 0 Å². The van der Waals surface area contributed by atoms with E-state index in [9.17, 15) is 0 Å². The minimum absolute atomic E-state index is 0.124. The smallest absolute Gasteiger partial charge is 0.0588 e. The topological polar surface area (TPSA) is 29.3 Å². The minimum Gasteiger partial charge on any atom is -0.326 e. The number of thiophene rings is 2. The third-order valence-electron chi connectivity index (χ3n) is 3.14. The lowest BCUT2D eigenvalue weighted by atomic mass is 10.1. The molecule has 5 heteroatoms. The van der Waals surface area contributed by atoms with Crippen LogP contribution in [0.25, 0.3) is 0 Å². The van der Waals surface area contributed by atoms with Gasteiger partial charge in [0.25, 0.3) is 0 Å². The summed E-state index contributed by atoms with van der Waals surface area (Å²) in [5, 5.41) is 4.26. The van der Waals surface area contributed by atoms with Crippen LogP contribution in [-0.4, -0.2) is 24.5 Å². The molecule has 0 saturated carbocycles. The summed E-state index contributed by atoms with van der Waals surface area (Å²) in [6.45, 7) is 3.11. The van der Waals surface area contributed by atoms with E-state index in [1.54, 1.807) is 11.3 Å². The van der Waals surface area contributed by atoms with Gasteiger partial charge in [-0.2, -0.15) is 0 Å². The summed E-state index contributed by atoms with van der Waals surface area (Å²) in [5.74, 6) is 0. The van der Waals surface area contributed by atoms with Crippen molar-refractivity contribution in [1.82, 2.24) is 4.90 Å². The summed E-state index contributed by atoms with van der Waals surface area (Å²) >= 11 is 7.12. The quantitative estimate of drug-likeness (QED) is 0.840. The van der Waals surface area contributed by atoms with E-state index in [1.807, 2.05) is 11.3 Å². The van der Waals surface area contributed by atoms with E-state index in [-0.39, 0.29) is 12.1 Å². The van der Waals surface area contributed by atoms with E-state index in [0.717, 1.165) is 17.4 Å². The van der Waals surface area contributed by atoms with Gasteiger partial charge in [0.15, 0.2) is 0 Å². The van der Waals surface area contributed by atoms with Crippen molar-refractivity contribution in [3.8, 4) is 0 Å². The van der Waals surface area contributed by atoms with Gasteiger partial charge in [0.05, 0.1) is 6.04 Å².